The third-order valence-electron chi connectivity index (χ3n) is 3.70. The molecule has 2 aromatic rings. The second kappa shape index (κ2) is 6.96. The van der Waals surface area contributed by atoms with Crippen LogP contribution in [0.4, 0.5) is 18.0 Å². The summed E-state index contributed by atoms with van der Waals surface area (Å²) in [6.45, 7) is 0.636. The van der Waals surface area contributed by atoms with E-state index in [4.69, 9.17) is 16.3 Å². The summed E-state index contributed by atoms with van der Waals surface area (Å²) in [6.07, 6.45) is -5.32. The summed E-state index contributed by atoms with van der Waals surface area (Å²) >= 11 is 7.57. The highest BCUT2D eigenvalue weighted by atomic mass is 35.5. The van der Waals surface area contributed by atoms with Crippen LogP contribution >= 0.6 is 22.9 Å². The van der Waals surface area contributed by atoms with Crippen molar-refractivity contribution in [3.8, 4) is 0 Å². The van der Waals surface area contributed by atoms with Crippen LogP contribution in [0.2, 0.25) is 5.15 Å². The number of methoxy groups -OCH3 is 1. The van der Waals surface area contributed by atoms with E-state index in [1.54, 1.807) is 7.11 Å². The molecule has 3 heterocycles. The number of hydrogen-bond donors (Lipinski definition) is 1. The molecule has 3 rings (SSSR count). The number of aromatic nitrogens is 3. The summed E-state index contributed by atoms with van der Waals surface area (Å²) in [4.78, 5) is 18.3. The minimum Gasteiger partial charge on any atom is -0.377 e. The van der Waals surface area contributed by atoms with Crippen molar-refractivity contribution in [3.05, 3.63) is 15.9 Å². The minimum absolute atomic E-state index is 0.114. The van der Waals surface area contributed by atoms with E-state index in [9.17, 15) is 18.0 Å². The van der Waals surface area contributed by atoms with E-state index in [-0.39, 0.29) is 24.7 Å². The fraction of sp³-hybridized carbons (Fsp3) is 0.615. The highest BCUT2D eigenvalue weighted by Gasteiger charge is 2.34. The lowest BCUT2D eigenvalue weighted by atomic mass is 10.1. The van der Waals surface area contributed by atoms with Crippen LogP contribution in [0.5, 0.6) is 0 Å². The van der Waals surface area contributed by atoms with Crippen LogP contribution in [0.15, 0.2) is 0 Å². The Morgan fingerprint density at radius 1 is 1.48 bits per heavy atom. The average molecular weight is 398 g/mol. The number of fused-ring (bicyclic) bond motifs is 1. The number of carbonyl (C=O) groups excluding carboxylic acids is 1. The molecule has 2 aromatic heterocycles. The Bertz CT molecular complexity index is 778. The molecule has 25 heavy (non-hydrogen) atoms. The molecule has 0 aromatic carbocycles. The van der Waals surface area contributed by atoms with Gasteiger partial charge < -0.3 is 15.0 Å². The Morgan fingerprint density at radius 3 is 2.88 bits per heavy atom. The summed E-state index contributed by atoms with van der Waals surface area (Å²) in [6, 6.07) is -0.962. The lowest BCUT2D eigenvalue weighted by molar-refractivity contribution is -0.136. The predicted molar refractivity (Wildman–Crippen MR) is 84.6 cm³/mol. The monoisotopic (exact) mass is 397 g/mol. The number of hydrogen-bond acceptors (Lipinski definition) is 5. The first-order valence-electron chi connectivity index (χ1n) is 7.41. The van der Waals surface area contributed by atoms with Gasteiger partial charge in [-0.25, -0.2) is 9.78 Å². The molecule has 1 fully saturated rings. The van der Waals surface area contributed by atoms with Gasteiger partial charge in [0, 0.05) is 26.1 Å². The minimum atomic E-state index is -4.23. The van der Waals surface area contributed by atoms with Crippen LogP contribution in [-0.4, -0.2) is 51.4 Å². The lowest BCUT2D eigenvalue weighted by Gasteiger charge is -2.13. The fourth-order valence-electron chi connectivity index (χ4n) is 2.57. The van der Waals surface area contributed by atoms with Crippen molar-refractivity contribution in [3.63, 3.8) is 0 Å². The van der Waals surface area contributed by atoms with E-state index in [1.807, 2.05) is 0 Å². The normalized spacial score (nSPS) is 18.4. The van der Waals surface area contributed by atoms with E-state index in [0.717, 1.165) is 0 Å². The summed E-state index contributed by atoms with van der Waals surface area (Å²) in [5, 5.41) is 7.80. The number of amides is 2. The molecule has 2 amide bonds. The van der Waals surface area contributed by atoms with Crippen molar-refractivity contribution >= 4 is 33.9 Å². The predicted octanol–water partition coefficient (Wildman–Crippen LogP) is 2.83. The topological polar surface area (TPSA) is 71.8 Å². The number of alkyl halides is 3. The number of ether oxygens (including phenoxy) is 1. The van der Waals surface area contributed by atoms with E-state index in [2.05, 4.69) is 15.4 Å². The zero-order valence-electron chi connectivity index (χ0n) is 13.1. The highest BCUT2D eigenvalue weighted by molar-refractivity contribution is 7.16. The van der Waals surface area contributed by atoms with Gasteiger partial charge in [0.05, 0.1) is 13.2 Å². The van der Waals surface area contributed by atoms with Gasteiger partial charge in [-0.15, -0.1) is 0 Å². The molecule has 12 heteroatoms. The molecule has 1 atom stereocenters. The molecule has 1 aliphatic rings. The maximum atomic E-state index is 12.3. The van der Waals surface area contributed by atoms with Crippen LogP contribution in [0.1, 0.15) is 23.5 Å². The summed E-state index contributed by atoms with van der Waals surface area (Å²) < 4.78 is 43.4. The maximum Gasteiger partial charge on any atom is 0.389 e. The molecule has 1 N–H and O–H groups in total. The van der Waals surface area contributed by atoms with E-state index in [1.165, 1.54) is 20.8 Å². The van der Waals surface area contributed by atoms with Crippen molar-refractivity contribution in [2.45, 2.75) is 38.2 Å². The van der Waals surface area contributed by atoms with Crippen LogP contribution in [0.25, 0.3) is 4.96 Å². The number of nitrogens with zero attached hydrogens (tertiary/aromatic N) is 4. The van der Waals surface area contributed by atoms with Crippen LogP contribution < -0.4 is 5.32 Å². The summed E-state index contributed by atoms with van der Waals surface area (Å²) in [5.41, 5.74) is 0.455. The highest BCUT2D eigenvalue weighted by Crippen LogP contribution is 2.26. The van der Waals surface area contributed by atoms with Crippen molar-refractivity contribution < 1.29 is 22.7 Å². The van der Waals surface area contributed by atoms with Crippen LogP contribution in [-0.2, 0) is 17.9 Å². The van der Waals surface area contributed by atoms with Crippen molar-refractivity contribution in [2.75, 3.05) is 13.7 Å². The first-order valence-corrected chi connectivity index (χ1v) is 8.60. The number of urea groups is 1. The zero-order chi connectivity index (χ0) is 18.2. The Morgan fingerprint density at radius 2 is 2.24 bits per heavy atom. The second-order valence-electron chi connectivity index (χ2n) is 5.65. The van der Waals surface area contributed by atoms with Gasteiger partial charge in [0.15, 0.2) is 5.15 Å². The molecule has 138 valence electrons. The fourth-order valence-corrected chi connectivity index (χ4v) is 3.72. The number of carbonyl (C=O) groups is 1. The third kappa shape index (κ3) is 4.15. The smallest absolute Gasteiger partial charge is 0.377 e. The van der Waals surface area contributed by atoms with Crippen molar-refractivity contribution in [1.82, 2.24) is 24.8 Å². The largest absolute Gasteiger partial charge is 0.389 e. The van der Waals surface area contributed by atoms with Gasteiger partial charge in [-0.1, -0.05) is 22.9 Å². The Hall–Kier alpha value is -1.59. The van der Waals surface area contributed by atoms with Gasteiger partial charge in [-0.05, 0) is 6.42 Å². The van der Waals surface area contributed by atoms with E-state index >= 15 is 0 Å². The van der Waals surface area contributed by atoms with Gasteiger partial charge >= 0.3 is 12.2 Å². The molecule has 0 radical (unpaired) electrons. The average Bonchev–Trinajstić information content (AvgIpc) is 3.14. The molecular weight excluding hydrogens is 383 g/mol. The first-order chi connectivity index (χ1) is 11.8. The van der Waals surface area contributed by atoms with E-state index < -0.39 is 24.7 Å². The summed E-state index contributed by atoms with van der Waals surface area (Å²) in [5.74, 6) is 0. The second-order valence-corrected chi connectivity index (χ2v) is 7.05. The van der Waals surface area contributed by atoms with Gasteiger partial charge in [0.25, 0.3) is 0 Å². The van der Waals surface area contributed by atoms with Crippen LogP contribution in [0, 0.1) is 0 Å². The maximum absolute atomic E-state index is 12.3. The zero-order valence-corrected chi connectivity index (χ0v) is 14.7. The van der Waals surface area contributed by atoms with Gasteiger partial charge in [-0.2, -0.15) is 22.8 Å². The molecule has 1 saturated heterocycles. The first kappa shape index (κ1) is 18.2. The standard InChI is InChI=1S/C13H15ClF3N5O2S/c1-24-6-9-20-22-10(14)8(19-12(22)25-9)5-21-4-7(18-11(21)23)2-3-13(15,16)17/h7H,2-6H2,1H3,(H,18,23). The van der Waals surface area contributed by atoms with Crippen molar-refractivity contribution in [1.29, 1.82) is 0 Å². The van der Waals surface area contributed by atoms with Gasteiger partial charge in [-0.3, -0.25) is 0 Å². The molecule has 1 aliphatic heterocycles. The number of rotatable bonds is 6. The van der Waals surface area contributed by atoms with Crippen LogP contribution in [0.3, 0.4) is 0 Å². The quantitative estimate of drug-likeness (QED) is 0.813. The third-order valence-corrected chi connectivity index (χ3v) is 4.96. The molecule has 1 unspecified atom stereocenters. The number of halogens is 4. The summed E-state index contributed by atoms with van der Waals surface area (Å²) in [7, 11) is 1.55. The molecular formula is C13H15ClF3N5O2S. The SMILES string of the molecule is COCc1nn2c(Cl)c(CN3CC(CCC(F)(F)F)NC3=O)nc2s1. The Balaban J connectivity index is 1.66. The van der Waals surface area contributed by atoms with Gasteiger partial charge in [0.1, 0.15) is 10.7 Å². The molecule has 0 aliphatic carbocycles. The molecule has 0 saturated carbocycles. The molecule has 7 nitrogen and oxygen atoms in total. The Labute approximate surface area is 149 Å². The molecule has 0 spiro atoms. The number of imidazole rings is 1. The molecule has 0 bridgehead atoms. The Kier molecular flexibility index (Phi) is 5.07. The lowest BCUT2D eigenvalue weighted by Crippen LogP contribution is -2.29. The van der Waals surface area contributed by atoms with Gasteiger partial charge in [0.2, 0.25) is 4.96 Å². The van der Waals surface area contributed by atoms with E-state index in [0.29, 0.717) is 22.3 Å². The number of nitrogens with one attached hydrogen (secondary N) is 1. The van der Waals surface area contributed by atoms with Crippen molar-refractivity contribution in [2.24, 2.45) is 0 Å².